The zero-order valence-electron chi connectivity index (χ0n) is 14.9. The molecular formula is C20H22NO5P. The molecule has 0 saturated heterocycles. The Morgan fingerprint density at radius 3 is 2.33 bits per heavy atom. The third-order valence-corrected chi connectivity index (χ3v) is 4.93. The molecule has 3 aromatic carbocycles. The molecule has 27 heavy (non-hydrogen) atoms. The van der Waals surface area contributed by atoms with E-state index in [4.69, 9.17) is 9.26 Å². The highest BCUT2D eigenvalue weighted by Gasteiger charge is 2.38. The standard InChI is InChI=1S/C20H22NO5P/c1-21-20(26-27(22,23)24,17-10-3-2-4-11-17)14-15-25-19-13-7-9-16-8-5-6-12-18(16)19/h2-13,21H,14-15H2,1H3,(H2,22,23,24). The van der Waals surface area contributed by atoms with E-state index in [0.717, 1.165) is 10.8 Å². The fraction of sp³-hybridized carbons (Fsp3) is 0.200. The van der Waals surface area contributed by atoms with E-state index in [-0.39, 0.29) is 13.0 Å². The fourth-order valence-electron chi connectivity index (χ4n) is 3.09. The minimum Gasteiger partial charge on any atom is -0.493 e. The maximum Gasteiger partial charge on any atom is 0.471 e. The molecule has 142 valence electrons. The van der Waals surface area contributed by atoms with Crippen molar-refractivity contribution in [1.29, 1.82) is 0 Å². The molecule has 0 fully saturated rings. The summed E-state index contributed by atoms with van der Waals surface area (Å²) >= 11 is 0. The highest BCUT2D eigenvalue weighted by molar-refractivity contribution is 7.46. The van der Waals surface area contributed by atoms with E-state index in [9.17, 15) is 14.4 Å². The summed E-state index contributed by atoms with van der Waals surface area (Å²) in [6.07, 6.45) is 0.196. The Bertz CT molecular complexity index is 938. The second-order valence-electron chi connectivity index (χ2n) is 6.10. The molecular weight excluding hydrogens is 365 g/mol. The van der Waals surface area contributed by atoms with E-state index in [1.54, 1.807) is 31.3 Å². The summed E-state index contributed by atoms with van der Waals surface area (Å²) in [6.45, 7) is 0.198. The van der Waals surface area contributed by atoms with Crippen molar-refractivity contribution in [2.24, 2.45) is 0 Å². The molecule has 1 unspecified atom stereocenters. The van der Waals surface area contributed by atoms with Crippen LogP contribution >= 0.6 is 7.82 Å². The third-order valence-electron chi connectivity index (χ3n) is 4.38. The minimum atomic E-state index is -4.74. The highest BCUT2D eigenvalue weighted by atomic mass is 31.2. The zero-order chi connectivity index (χ0) is 19.3. The Balaban J connectivity index is 1.83. The average Bonchev–Trinajstić information content (AvgIpc) is 2.67. The van der Waals surface area contributed by atoms with Gasteiger partial charge in [0, 0.05) is 11.8 Å². The molecule has 0 aliphatic carbocycles. The SMILES string of the molecule is CNC(CCOc1cccc2ccccc12)(OP(=O)(O)O)c1ccccc1. The lowest BCUT2D eigenvalue weighted by atomic mass is 10.00. The lowest BCUT2D eigenvalue weighted by Crippen LogP contribution is -2.43. The maximum absolute atomic E-state index is 11.6. The van der Waals surface area contributed by atoms with Crippen molar-refractivity contribution in [2.75, 3.05) is 13.7 Å². The normalized spacial score (nSPS) is 14.0. The van der Waals surface area contributed by atoms with Crippen molar-refractivity contribution in [3.8, 4) is 5.75 Å². The van der Waals surface area contributed by atoms with Gasteiger partial charge < -0.3 is 14.5 Å². The average molecular weight is 387 g/mol. The van der Waals surface area contributed by atoms with Crippen LogP contribution in [0.15, 0.2) is 72.8 Å². The quantitative estimate of drug-likeness (QED) is 0.403. The molecule has 0 aromatic heterocycles. The van der Waals surface area contributed by atoms with E-state index in [1.807, 2.05) is 48.5 Å². The van der Waals surface area contributed by atoms with E-state index in [1.165, 1.54) is 0 Å². The fourth-order valence-corrected chi connectivity index (χ4v) is 3.79. The van der Waals surface area contributed by atoms with Gasteiger partial charge in [0.25, 0.3) is 0 Å². The molecule has 3 N–H and O–H groups in total. The molecule has 0 saturated carbocycles. The van der Waals surface area contributed by atoms with Crippen molar-refractivity contribution in [3.63, 3.8) is 0 Å². The number of phosphoric acid groups is 1. The monoisotopic (exact) mass is 387 g/mol. The first-order valence-electron chi connectivity index (χ1n) is 8.55. The number of benzene rings is 3. The topological polar surface area (TPSA) is 88.0 Å². The molecule has 7 heteroatoms. The highest BCUT2D eigenvalue weighted by Crippen LogP contribution is 2.45. The first-order chi connectivity index (χ1) is 12.9. The summed E-state index contributed by atoms with van der Waals surface area (Å²) in [5.41, 5.74) is -0.762. The van der Waals surface area contributed by atoms with Crippen LogP contribution in [0.2, 0.25) is 0 Å². The molecule has 0 aliphatic rings. The predicted octanol–water partition coefficient (Wildman–Crippen LogP) is 3.79. The maximum atomic E-state index is 11.6. The van der Waals surface area contributed by atoms with Gasteiger partial charge in [-0.15, -0.1) is 0 Å². The van der Waals surface area contributed by atoms with Gasteiger partial charge in [-0.05, 0) is 24.1 Å². The van der Waals surface area contributed by atoms with Crippen LogP contribution in [0.5, 0.6) is 5.75 Å². The van der Waals surface area contributed by atoms with Crippen molar-refractivity contribution in [2.45, 2.75) is 12.1 Å². The number of hydrogen-bond acceptors (Lipinski definition) is 4. The van der Waals surface area contributed by atoms with Gasteiger partial charge in [0.05, 0.1) is 6.61 Å². The minimum absolute atomic E-state index is 0.196. The van der Waals surface area contributed by atoms with Gasteiger partial charge in [0.2, 0.25) is 0 Å². The van der Waals surface area contributed by atoms with Crippen LogP contribution in [0.25, 0.3) is 10.8 Å². The molecule has 3 aromatic rings. The molecule has 0 radical (unpaired) electrons. The van der Waals surface area contributed by atoms with Crippen LogP contribution < -0.4 is 10.1 Å². The van der Waals surface area contributed by atoms with E-state index in [2.05, 4.69) is 5.32 Å². The lowest BCUT2D eigenvalue weighted by Gasteiger charge is -2.33. The Morgan fingerprint density at radius 1 is 0.963 bits per heavy atom. The van der Waals surface area contributed by atoms with Gasteiger partial charge in [0.1, 0.15) is 5.75 Å². The van der Waals surface area contributed by atoms with Gasteiger partial charge in [0.15, 0.2) is 5.72 Å². The number of hydrogen-bond donors (Lipinski definition) is 3. The first-order valence-corrected chi connectivity index (χ1v) is 10.1. The summed E-state index contributed by atoms with van der Waals surface area (Å²) in [5.74, 6) is 0.711. The Kier molecular flexibility index (Phi) is 5.95. The van der Waals surface area contributed by atoms with E-state index >= 15 is 0 Å². The molecule has 6 nitrogen and oxygen atoms in total. The largest absolute Gasteiger partial charge is 0.493 e. The molecule has 0 heterocycles. The second kappa shape index (κ2) is 8.21. The van der Waals surface area contributed by atoms with Gasteiger partial charge in [-0.3, -0.25) is 9.84 Å². The summed E-state index contributed by atoms with van der Waals surface area (Å²) in [6, 6.07) is 22.6. The molecule has 0 amide bonds. The van der Waals surface area contributed by atoms with Crippen LogP contribution in [-0.2, 0) is 14.8 Å². The number of rotatable bonds is 8. The number of nitrogens with one attached hydrogen (secondary N) is 1. The van der Waals surface area contributed by atoms with Gasteiger partial charge in [-0.2, -0.15) is 0 Å². The van der Waals surface area contributed by atoms with E-state index < -0.39 is 13.5 Å². The smallest absolute Gasteiger partial charge is 0.471 e. The molecule has 0 spiro atoms. The van der Waals surface area contributed by atoms with Crippen LogP contribution in [0.3, 0.4) is 0 Å². The summed E-state index contributed by atoms with van der Waals surface area (Å²) in [5, 5.41) is 4.95. The van der Waals surface area contributed by atoms with Crippen molar-refractivity contribution in [1.82, 2.24) is 5.32 Å². The number of phosphoric ester groups is 1. The summed E-state index contributed by atoms with van der Waals surface area (Å²) < 4.78 is 22.7. The third kappa shape index (κ3) is 4.75. The Morgan fingerprint density at radius 2 is 1.63 bits per heavy atom. The summed E-state index contributed by atoms with van der Waals surface area (Å²) in [4.78, 5) is 18.8. The molecule has 3 rings (SSSR count). The van der Waals surface area contributed by atoms with Crippen LogP contribution in [0.4, 0.5) is 0 Å². The lowest BCUT2D eigenvalue weighted by molar-refractivity contribution is -0.0108. The van der Waals surface area contributed by atoms with Gasteiger partial charge >= 0.3 is 7.82 Å². The molecule has 0 aliphatic heterocycles. The van der Waals surface area contributed by atoms with Crippen molar-refractivity contribution >= 4 is 18.6 Å². The van der Waals surface area contributed by atoms with Gasteiger partial charge in [-0.1, -0.05) is 66.7 Å². The molecule has 1 atom stereocenters. The van der Waals surface area contributed by atoms with Crippen molar-refractivity contribution < 1.29 is 23.6 Å². The first kappa shape index (κ1) is 19.5. The Hall–Kier alpha value is -2.21. The van der Waals surface area contributed by atoms with E-state index in [0.29, 0.717) is 11.3 Å². The van der Waals surface area contributed by atoms with Gasteiger partial charge in [-0.25, -0.2) is 4.57 Å². The molecule has 0 bridgehead atoms. The van der Waals surface area contributed by atoms with Crippen molar-refractivity contribution in [3.05, 3.63) is 78.4 Å². The summed E-state index contributed by atoms with van der Waals surface area (Å²) in [7, 11) is -3.14. The Labute approximate surface area is 158 Å². The zero-order valence-corrected chi connectivity index (χ0v) is 15.8. The second-order valence-corrected chi connectivity index (χ2v) is 7.26. The predicted molar refractivity (Wildman–Crippen MR) is 104 cm³/mol. The van der Waals surface area contributed by atoms with Crippen LogP contribution in [0.1, 0.15) is 12.0 Å². The van der Waals surface area contributed by atoms with Crippen LogP contribution in [-0.4, -0.2) is 23.4 Å². The number of ether oxygens (including phenoxy) is 1. The van der Waals surface area contributed by atoms with Crippen LogP contribution in [0, 0.1) is 0 Å². The number of fused-ring (bicyclic) bond motifs is 1.